The Balaban J connectivity index is 0.00000461. The summed E-state index contributed by atoms with van der Waals surface area (Å²) in [6, 6.07) is 35.7. The molecule has 9 heteroatoms. The molecule has 230 valence electrons. The number of hydrogen-bond donors (Lipinski definition) is 2. The molecule has 0 spiro atoms. The highest BCUT2D eigenvalue weighted by Gasteiger charge is 2.23. The fourth-order valence-corrected chi connectivity index (χ4v) is 4.88. The highest BCUT2D eigenvalue weighted by Crippen LogP contribution is 2.36. The second-order valence-electron chi connectivity index (χ2n) is 10.1. The second kappa shape index (κ2) is 15.9. The number of carbonyl (C=O) groups excluding carboxylic acids is 2. The van der Waals surface area contributed by atoms with Crippen LogP contribution in [-0.2, 0) is 17.9 Å². The van der Waals surface area contributed by atoms with Crippen LogP contribution in [0.15, 0.2) is 121 Å². The molecule has 6 nitrogen and oxygen atoms in total. The highest BCUT2D eigenvalue weighted by atomic mass is 35.5. The number of ether oxygens (including phenoxy) is 1. The minimum Gasteiger partial charge on any atom is -0.455 e. The van der Waals surface area contributed by atoms with E-state index >= 15 is 0 Å². The third-order valence-electron chi connectivity index (χ3n) is 7.06. The summed E-state index contributed by atoms with van der Waals surface area (Å²) in [5.41, 5.74) is 9.94. The summed E-state index contributed by atoms with van der Waals surface area (Å²) < 4.78 is 20.3. The first-order chi connectivity index (χ1) is 21.4. The molecular weight excluding hydrogens is 612 g/mol. The minimum absolute atomic E-state index is 0. The van der Waals surface area contributed by atoms with E-state index in [2.05, 4.69) is 5.32 Å². The van der Waals surface area contributed by atoms with Crippen molar-refractivity contribution in [1.82, 2.24) is 5.32 Å². The molecule has 0 saturated carbocycles. The number of amides is 2. The number of hydrogen-bond acceptors (Lipinski definition) is 4. The minimum atomic E-state index is -0.398. The van der Waals surface area contributed by atoms with E-state index in [-0.39, 0.29) is 43.7 Å². The average molecular weight is 645 g/mol. The van der Waals surface area contributed by atoms with Gasteiger partial charge < -0.3 is 20.7 Å². The summed E-state index contributed by atoms with van der Waals surface area (Å²) in [6.07, 6.45) is -0.0347. The van der Waals surface area contributed by atoms with Gasteiger partial charge in [0.1, 0.15) is 11.6 Å². The maximum Gasteiger partial charge on any atom is 0.258 e. The predicted octanol–water partition coefficient (Wildman–Crippen LogP) is 8.17. The molecule has 5 rings (SSSR count). The number of nitrogens with two attached hydrogens (primary N) is 1. The van der Waals surface area contributed by atoms with Crippen molar-refractivity contribution in [1.29, 1.82) is 0 Å². The van der Waals surface area contributed by atoms with Gasteiger partial charge in [0.05, 0.1) is 5.69 Å². The fourth-order valence-electron chi connectivity index (χ4n) is 4.72. The van der Waals surface area contributed by atoms with Crippen molar-refractivity contribution in [2.24, 2.45) is 5.73 Å². The van der Waals surface area contributed by atoms with Gasteiger partial charge in [0.15, 0.2) is 5.75 Å². The number of nitrogens with zero attached hydrogens (tertiary/aromatic N) is 1. The van der Waals surface area contributed by atoms with Crippen LogP contribution in [0.25, 0.3) is 11.1 Å². The van der Waals surface area contributed by atoms with Gasteiger partial charge in [0, 0.05) is 48.3 Å². The predicted molar refractivity (Wildman–Crippen MR) is 180 cm³/mol. The Morgan fingerprint density at radius 1 is 0.822 bits per heavy atom. The molecule has 0 aliphatic heterocycles. The van der Waals surface area contributed by atoms with Crippen molar-refractivity contribution >= 4 is 41.5 Å². The first-order valence-electron chi connectivity index (χ1n) is 14.1. The lowest BCUT2D eigenvalue weighted by molar-refractivity contribution is -0.121. The molecule has 2 amide bonds. The molecule has 0 saturated heterocycles. The lowest BCUT2D eigenvalue weighted by Crippen LogP contribution is -2.35. The number of rotatable bonds is 11. The number of carbonyl (C=O) groups is 2. The van der Waals surface area contributed by atoms with Gasteiger partial charge in [0.25, 0.3) is 5.91 Å². The second-order valence-corrected chi connectivity index (χ2v) is 10.5. The summed E-state index contributed by atoms with van der Waals surface area (Å²) in [7, 11) is 0. The molecule has 0 heterocycles. The van der Waals surface area contributed by atoms with Gasteiger partial charge in [-0.05, 0) is 59.2 Å². The summed E-state index contributed by atoms with van der Waals surface area (Å²) >= 11 is 6.36. The zero-order chi connectivity index (χ0) is 30.9. The van der Waals surface area contributed by atoms with E-state index in [0.717, 1.165) is 16.7 Å². The number of benzene rings is 5. The van der Waals surface area contributed by atoms with E-state index in [1.54, 1.807) is 54.6 Å². The van der Waals surface area contributed by atoms with Gasteiger partial charge in [-0.3, -0.25) is 9.59 Å². The van der Waals surface area contributed by atoms with Crippen molar-refractivity contribution < 1.29 is 18.7 Å². The van der Waals surface area contributed by atoms with Crippen LogP contribution in [0.3, 0.4) is 0 Å². The summed E-state index contributed by atoms with van der Waals surface area (Å²) in [5, 5.41) is 3.16. The maximum absolute atomic E-state index is 14.1. The highest BCUT2D eigenvalue weighted by molar-refractivity contribution is 6.31. The standard InChI is InChI=1S/C36H31ClFN3O3.ClH/c37-30-17-18-33(34(22-30)44-31-11-6-7-25(21-31)23-39)41(20-19-35(42)40-24-29-10-4-5-12-32(29)38)36(43)28-15-13-27(14-16-28)26-8-2-1-3-9-26;/h1-18,21-22H,19-20,23-24,39H2,(H,40,42);1H. The molecule has 0 unspecified atom stereocenters. The summed E-state index contributed by atoms with van der Waals surface area (Å²) in [4.78, 5) is 28.4. The molecular formula is C36H32Cl2FN3O3. The van der Waals surface area contributed by atoms with Crippen molar-refractivity contribution in [3.05, 3.63) is 149 Å². The molecule has 0 bridgehead atoms. The van der Waals surface area contributed by atoms with Crippen molar-refractivity contribution in [2.45, 2.75) is 19.5 Å². The van der Waals surface area contributed by atoms with Crippen LogP contribution in [-0.4, -0.2) is 18.4 Å². The summed E-state index contributed by atoms with van der Waals surface area (Å²) in [5.74, 6) is -0.191. The van der Waals surface area contributed by atoms with Crippen LogP contribution in [0.1, 0.15) is 27.9 Å². The monoisotopic (exact) mass is 643 g/mol. The Kier molecular flexibility index (Phi) is 11.7. The number of halogens is 3. The largest absolute Gasteiger partial charge is 0.455 e. The Morgan fingerprint density at radius 3 is 2.27 bits per heavy atom. The van der Waals surface area contributed by atoms with Gasteiger partial charge in [-0.1, -0.05) is 84.4 Å². The Morgan fingerprint density at radius 2 is 1.53 bits per heavy atom. The topological polar surface area (TPSA) is 84.7 Å². The fraction of sp³-hybridized carbons (Fsp3) is 0.111. The van der Waals surface area contributed by atoms with E-state index in [1.165, 1.54) is 11.0 Å². The lowest BCUT2D eigenvalue weighted by Gasteiger charge is -2.25. The molecule has 0 fully saturated rings. The molecule has 0 aliphatic rings. The van der Waals surface area contributed by atoms with E-state index in [9.17, 15) is 14.0 Å². The number of nitrogens with one attached hydrogen (secondary N) is 1. The average Bonchev–Trinajstić information content (AvgIpc) is 3.05. The van der Waals surface area contributed by atoms with Crippen molar-refractivity contribution in [3.8, 4) is 22.6 Å². The zero-order valence-corrected chi connectivity index (χ0v) is 25.9. The van der Waals surface area contributed by atoms with Crippen LogP contribution in [0.4, 0.5) is 10.1 Å². The van der Waals surface area contributed by atoms with Gasteiger partial charge in [-0.15, -0.1) is 12.4 Å². The maximum atomic E-state index is 14.1. The SMILES string of the molecule is Cl.NCc1cccc(Oc2cc(Cl)ccc2N(CCC(=O)NCc2ccccc2F)C(=O)c2ccc(-c3ccccc3)cc2)c1. The van der Waals surface area contributed by atoms with Crippen LogP contribution in [0.5, 0.6) is 11.5 Å². The third kappa shape index (κ3) is 8.70. The van der Waals surface area contributed by atoms with Gasteiger partial charge >= 0.3 is 0 Å². The van der Waals surface area contributed by atoms with E-state index in [4.69, 9.17) is 22.1 Å². The molecule has 0 atom stereocenters. The van der Waals surface area contributed by atoms with Gasteiger partial charge in [-0.25, -0.2) is 4.39 Å². The normalized spacial score (nSPS) is 10.5. The molecule has 0 radical (unpaired) electrons. The third-order valence-corrected chi connectivity index (χ3v) is 7.29. The Labute approximate surface area is 273 Å². The quantitative estimate of drug-likeness (QED) is 0.152. The van der Waals surface area contributed by atoms with Crippen molar-refractivity contribution in [3.63, 3.8) is 0 Å². The van der Waals surface area contributed by atoms with E-state index < -0.39 is 5.82 Å². The molecule has 3 N–H and O–H groups in total. The molecule has 5 aromatic carbocycles. The van der Waals surface area contributed by atoms with Crippen LogP contribution in [0, 0.1) is 5.82 Å². The molecule has 45 heavy (non-hydrogen) atoms. The van der Waals surface area contributed by atoms with E-state index in [0.29, 0.717) is 39.9 Å². The van der Waals surface area contributed by atoms with Crippen LogP contribution < -0.4 is 20.7 Å². The smallest absolute Gasteiger partial charge is 0.258 e. The molecule has 0 aromatic heterocycles. The van der Waals surface area contributed by atoms with Crippen LogP contribution >= 0.6 is 24.0 Å². The van der Waals surface area contributed by atoms with Gasteiger partial charge in [-0.2, -0.15) is 0 Å². The van der Waals surface area contributed by atoms with Crippen LogP contribution in [0.2, 0.25) is 5.02 Å². The zero-order valence-electron chi connectivity index (χ0n) is 24.3. The lowest BCUT2D eigenvalue weighted by atomic mass is 10.0. The first-order valence-corrected chi connectivity index (χ1v) is 14.5. The van der Waals surface area contributed by atoms with E-state index in [1.807, 2.05) is 60.7 Å². The Bertz CT molecular complexity index is 1750. The van der Waals surface area contributed by atoms with Gasteiger partial charge in [0.2, 0.25) is 5.91 Å². The molecule has 5 aromatic rings. The molecule has 0 aliphatic carbocycles. The van der Waals surface area contributed by atoms with Crippen molar-refractivity contribution in [2.75, 3.05) is 11.4 Å². The first kappa shape index (κ1) is 33.2. The summed E-state index contributed by atoms with van der Waals surface area (Å²) in [6.45, 7) is 0.404. The Hall–Kier alpha value is -4.69. The number of anilines is 1.